The smallest absolute Gasteiger partial charge is 0.157 e. The van der Waals surface area contributed by atoms with E-state index in [0.29, 0.717) is 18.7 Å². The van der Waals surface area contributed by atoms with Crippen LogP contribution in [0.15, 0.2) is 19.0 Å². The molecule has 2 N–H and O–H groups in total. The van der Waals surface area contributed by atoms with Crippen molar-refractivity contribution in [3.63, 3.8) is 0 Å². The molecule has 25 heavy (non-hydrogen) atoms. The van der Waals surface area contributed by atoms with Crippen LogP contribution in [0.5, 0.6) is 0 Å². The van der Waals surface area contributed by atoms with E-state index in [-0.39, 0.29) is 28.2 Å². The number of aliphatic hydroxyl groups is 1. The van der Waals surface area contributed by atoms with Crippen LogP contribution in [-0.2, 0) is 4.18 Å². The Kier molecular flexibility index (Phi) is 8.03. The topological polar surface area (TPSA) is 67.3 Å². The molecule has 5 nitrogen and oxygen atoms in total. The highest BCUT2D eigenvalue weighted by molar-refractivity contribution is 8.53. The summed E-state index contributed by atoms with van der Waals surface area (Å²) in [6.45, 7) is 4.21. The quantitative estimate of drug-likeness (QED) is 0.140. The van der Waals surface area contributed by atoms with Gasteiger partial charge in [-0.15, -0.1) is 6.58 Å². The summed E-state index contributed by atoms with van der Waals surface area (Å²) in [5.41, 5.74) is 0.437. The molecular formula is C15H22BCl2N3O2PS. The fourth-order valence-electron chi connectivity index (χ4n) is 3.27. The number of anilines is 1. The Balaban J connectivity index is 2.01. The SMILES string of the molecule is [2H]P([B][3H])SOCC[C@H]1C[C@H](CCC=C)[C@@H](Nc2c(Cl)ncnc2Cl)[C@@H]1O. The Morgan fingerprint density at radius 3 is 3.00 bits per heavy atom. The van der Waals surface area contributed by atoms with Crippen molar-refractivity contribution in [2.75, 3.05) is 11.9 Å². The van der Waals surface area contributed by atoms with Gasteiger partial charge in [0.25, 0.3) is 0 Å². The molecule has 1 aliphatic carbocycles. The number of allylic oxidation sites excluding steroid dienone is 1. The lowest BCUT2D eigenvalue weighted by molar-refractivity contribution is 0.109. The molecule has 1 radical (unpaired) electrons. The van der Waals surface area contributed by atoms with E-state index in [1.807, 2.05) is 6.08 Å². The van der Waals surface area contributed by atoms with Gasteiger partial charge in [0.2, 0.25) is 0 Å². The van der Waals surface area contributed by atoms with Crippen molar-refractivity contribution in [2.45, 2.75) is 37.8 Å². The molecule has 1 heterocycles. The molecule has 2 rings (SSSR count). The minimum absolute atomic E-state index is 0.0528. The molecule has 1 aromatic rings. The van der Waals surface area contributed by atoms with Gasteiger partial charge in [0.05, 0.1) is 20.0 Å². The van der Waals surface area contributed by atoms with Crippen molar-refractivity contribution in [3.05, 3.63) is 29.3 Å². The lowest BCUT2D eigenvalue weighted by Gasteiger charge is -2.25. The Morgan fingerprint density at radius 1 is 1.56 bits per heavy atom. The molecule has 0 aromatic carbocycles. The second kappa shape index (κ2) is 11.0. The van der Waals surface area contributed by atoms with Crippen LogP contribution < -0.4 is 5.32 Å². The van der Waals surface area contributed by atoms with Crippen LogP contribution in [0.2, 0.25) is 10.3 Å². The molecule has 0 spiro atoms. The number of nitrogens with zero attached hydrogens (tertiary/aromatic N) is 2. The Morgan fingerprint density at radius 2 is 2.32 bits per heavy atom. The molecule has 1 unspecified atom stereocenters. The van der Waals surface area contributed by atoms with Crippen molar-refractivity contribution in [1.82, 2.24) is 9.97 Å². The summed E-state index contributed by atoms with van der Waals surface area (Å²) in [5.74, 6) is 0.273. The number of rotatable bonds is 11. The predicted molar refractivity (Wildman–Crippen MR) is 110 cm³/mol. The van der Waals surface area contributed by atoms with Crippen LogP contribution in [0.1, 0.15) is 25.7 Å². The van der Waals surface area contributed by atoms with Crippen LogP contribution >= 0.6 is 42.5 Å². The van der Waals surface area contributed by atoms with Crippen molar-refractivity contribution in [2.24, 2.45) is 11.8 Å². The molecule has 1 aliphatic rings. The van der Waals surface area contributed by atoms with Crippen LogP contribution in [0.3, 0.4) is 0 Å². The Labute approximate surface area is 168 Å². The molecule has 1 aromatic heterocycles. The lowest BCUT2D eigenvalue weighted by Crippen LogP contribution is -2.36. The number of hydrogen-bond donors (Lipinski definition) is 2. The van der Waals surface area contributed by atoms with E-state index in [2.05, 4.69) is 21.9 Å². The fraction of sp³-hybridized carbons (Fsp3) is 0.600. The largest absolute Gasteiger partial charge is 0.391 e. The molecule has 0 saturated heterocycles. The zero-order valence-electron chi connectivity index (χ0n) is 15.6. The first kappa shape index (κ1) is 18.3. The number of aliphatic hydroxyl groups excluding tert-OH is 1. The minimum atomic E-state index is -1.32. The van der Waals surface area contributed by atoms with Crippen molar-refractivity contribution in [1.29, 1.82) is 2.61 Å². The first-order chi connectivity index (χ1) is 13.0. The highest BCUT2D eigenvalue weighted by Crippen LogP contribution is 2.40. The van der Waals surface area contributed by atoms with E-state index >= 15 is 0 Å². The maximum atomic E-state index is 10.9. The van der Waals surface area contributed by atoms with Gasteiger partial charge < -0.3 is 14.6 Å². The van der Waals surface area contributed by atoms with Crippen LogP contribution in [0.25, 0.3) is 0 Å². The van der Waals surface area contributed by atoms with Gasteiger partial charge in [-0.2, -0.15) is 0 Å². The first-order valence-corrected chi connectivity index (χ1v) is 11.1. The third-order valence-electron chi connectivity index (χ3n) is 4.44. The Hall–Kier alpha value is -0.0351. The number of hydrogen-bond acceptors (Lipinski definition) is 6. The first-order valence-electron chi connectivity index (χ1n) is 9.01. The average molecular weight is 424 g/mol. The summed E-state index contributed by atoms with van der Waals surface area (Å²) in [6.07, 6.45) is 5.82. The zero-order valence-corrected chi connectivity index (χ0v) is 16.9. The number of aromatic nitrogens is 2. The number of nitrogens with one attached hydrogen (secondary N) is 1. The van der Waals surface area contributed by atoms with Gasteiger partial charge in [0, 0.05) is 11.7 Å². The Bertz CT molecular complexity index is 608. The summed E-state index contributed by atoms with van der Waals surface area (Å²) in [6, 6.07) is -0.224. The van der Waals surface area contributed by atoms with E-state index in [1.165, 1.54) is 6.33 Å². The van der Waals surface area contributed by atoms with Crippen molar-refractivity contribution >= 4 is 55.7 Å². The zero-order chi connectivity index (χ0) is 19.8. The van der Waals surface area contributed by atoms with Crippen LogP contribution in [0, 0.1) is 11.8 Å². The van der Waals surface area contributed by atoms with E-state index in [1.54, 1.807) is 0 Å². The van der Waals surface area contributed by atoms with Gasteiger partial charge in [-0.25, -0.2) is 9.97 Å². The average Bonchev–Trinajstić information content (AvgIpc) is 2.95. The summed E-state index contributed by atoms with van der Waals surface area (Å²) in [7, 11) is -0.248. The highest BCUT2D eigenvalue weighted by atomic mass is 35.5. The fourth-order valence-corrected chi connectivity index (χ4v) is 4.33. The van der Waals surface area contributed by atoms with Crippen molar-refractivity contribution in [3.8, 4) is 0 Å². The lowest BCUT2D eigenvalue weighted by atomic mass is 9.96. The van der Waals surface area contributed by atoms with Gasteiger partial charge in [-0.3, -0.25) is 0 Å². The molecule has 0 aliphatic heterocycles. The molecule has 1 saturated carbocycles. The minimum Gasteiger partial charge on any atom is -0.391 e. The maximum absolute atomic E-state index is 10.9. The summed E-state index contributed by atoms with van der Waals surface area (Å²) in [5, 5.41) is 14.6. The molecule has 1 fully saturated rings. The standard InChI is InChI=1S/C15H22BCl2N3O2PS/c1-2-3-4-9-7-10(5-6-23-25-24-16)13(22)11(9)21-12-14(17)19-8-20-15(12)18/h2,8-11,13,16,21-22,24H,1,3-7H2/t9-,10-,11+,13+,24?/m0/s1/i16T,24D. The predicted octanol–water partition coefficient (Wildman–Crippen LogP) is 3.99. The van der Waals surface area contributed by atoms with E-state index in [9.17, 15) is 5.11 Å². The van der Waals surface area contributed by atoms with Gasteiger partial charge >= 0.3 is 0 Å². The van der Waals surface area contributed by atoms with Gasteiger partial charge in [0.15, 0.2) is 10.3 Å². The van der Waals surface area contributed by atoms with Crippen LogP contribution in [-0.4, -0.2) is 44.0 Å². The third kappa shape index (κ3) is 5.98. The van der Waals surface area contributed by atoms with E-state index in [0.717, 1.165) is 38.5 Å². The van der Waals surface area contributed by atoms with E-state index in [4.69, 9.17) is 30.0 Å². The monoisotopic (exact) mass is 423 g/mol. The summed E-state index contributed by atoms with van der Waals surface area (Å²) >= 11 is 13.3. The second-order valence-corrected chi connectivity index (χ2v) is 8.29. The molecule has 5 atom stereocenters. The summed E-state index contributed by atoms with van der Waals surface area (Å²) in [4.78, 5) is 7.90. The number of halogens is 2. The molecule has 0 amide bonds. The van der Waals surface area contributed by atoms with Gasteiger partial charge in [-0.1, -0.05) is 36.9 Å². The van der Waals surface area contributed by atoms with Gasteiger partial charge in [-0.05, 0) is 38.9 Å². The third-order valence-corrected chi connectivity index (χ3v) is 5.95. The normalized spacial score (nSPS) is 28.1. The highest BCUT2D eigenvalue weighted by Gasteiger charge is 2.42. The van der Waals surface area contributed by atoms with Gasteiger partial charge in [0.1, 0.15) is 19.5 Å². The van der Waals surface area contributed by atoms with Crippen LogP contribution in [0.4, 0.5) is 5.69 Å². The molecular weight excluding hydrogens is 399 g/mol. The van der Waals surface area contributed by atoms with Crippen molar-refractivity contribution < 1.29 is 9.29 Å². The molecule has 0 bridgehead atoms. The molecule has 10 heteroatoms. The van der Waals surface area contributed by atoms with E-state index < -0.39 is 13.7 Å². The maximum Gasteiger partial charge on any atom is 0.157 e. The summed E-state index contributed by atoms with van der Waals surface area (Å²) < 4.78 is 19.9. The molecule has 137 valence electrons. The second-order valence-electron chi connectivity index (χ2n) is 5.90.